The zero-order valence-corrected chi connectivity index (χ0v) is 34.6. The van der Waals surface area contributed by atoms with Gasteiger partial charge < -0.3 is 23.8 Å². The first-order valence-corrected chi connectivity index (χ1v) is 22.3. The molecule has 2 amide bonds. The minimum Gasteiger partial charge on any atom is -0.486 e. The second-order valence-electron chi connectivity index (χ2n) is 17.3. The topological polar surface area (TPSA) is 168 Å². The van der Waals surface area contributed by atoms with Crippen molar-refractivity contribution in [2.45, 2.75) is 128 Å². The minimum atomic E-state index is -3.86. The summed E-state index contributed by atoms with van der Waals surface area (Å²) in [5.41, 5.74) is -1.92. The van der Waals surface area contributed by atoms with E-state index in [1.807, 2.05) is 52.0 Å². The van der Waals surface area contributed by atoms with Gasteiger partial charge in [0.25, 0.3) is 0 Å². The summed E-state index contributed by atoms with van der Waals surface area (Å²) >= 11 is 0. The van der Waals surface area contributed by atoms with Gasteiger partial charge in [0.2, 0.25) is 27.7 Å². The maximum Gasteiger partial charge on any atom is 0.307 e. The predicted octanol–water partition coefficient (Wildman–Crippen LogP) is 6.07. The average Bonchev–Trinajstić information content (AvgIpc) is 4.12. The lowest BCUT2D eigenvalue weighted by atomic mass is 9.82. The number of rotatable bonds is 10. The number of nitrogens with one attached hydrogen (secondary N) is 1. The second-order valence-corrected chi connectivity index (χ2v) is 19.3. The largest absolute Gasteiger partial charge is 0.486 e. The number of ether oxygens (including phenoxy) is 4. The van der Waals surface area contributed by atoms with Crippen molar-refractivity contribution < 1.29 is 46.5 Å². The van der Waals surface area contributed by atoms with Crippen LogP contribution in [-0.4, -0.2) is 84.6 Å². The van der Waals surface area contributed by atoms with Gasteiger partial charge in [-0.2, -0.15) is 0 Å². The Hall–Kier alpha value is -4.20. The molecule has 2 saturated carbocycles. The number of carbonyl (C=O) groups excluding carboxylic acids is 4. The van der Waals surface area contributed by atoms with E-state index in [1.54, 1.807) is 12.3 Å². The van der Waals surface area contributed by atoms with E-state index < -0.39 is 56.2 Å². The molecule has 3 aliphatic heterocycles. The van der Waals surface area contributed by atoms with Gasteiger partial charge in [-0.25, -0.2) is 13.4 Å². The summed E-state index contributed by atoms with van der Waals surface area (Å²) < 4.78 is 52.5. The molecule has 13 nitrogen and oxygen atoms in total. The van der Waals surface area contributed by atoms with Gasteiger partial charge in [-0.1, -0.05) is 39.8 Å². The van der Waals surface area contributed by atoms with Crippen LogP contribution in [0.5, 0.6) is 17.4 Å². The number of esters is 1. The van der Waals surface area contributed by atoms with Crippen molar-refractivity contribution in [3.05, 3.63) is 36.5 Å². The van der Waals surface area contributed by atoms with Crippen LogP contribution in [0.2, 0.25) is 0 Å². The number of amides is 2. The quantitative estimate of drug-likeness (QED) is 0.219. The Morgan fingerprint density at radius 3 is 2.53 bits per heavy atom. The molecule has 0 bridgehead atoms. The summed E-state index contributed by atoms with van der Waals surface area (Å²) in [5.74, 6) is -1.40. The number of pyridine rings is 1. The number of ketones is 1. The molecular formula is C43H57N3O10S. The van der Waals surface area contributed by atoms with Gasteiger partial charge in [0.1, 0.15) is 24.9 Å². The molecule has 0 unspecified atom stereocenters. The molecule has 1 aromatic heterocycles. The molecule has 310 valence electrons. The van der Waals surface area contributed by atoms with Gasteiger partial charge in [-0.05, 0) is 94.2 Å². The number of hydrogen-bond donors (Lipinski definition) is 1. The average molecular weight is 808 g/mol. The Kier molecular flexibility index (Phi) is 11.7. The fourth-order valence-corrected chi connectivity index (χ4v) is 10.3. The molecule has 1 aromatic carbocycles. The molecule has 4 heterocycles. The molecule has 3 fully saturated rings. The SMILES string of the molecule is CCC(C)(CC)OC(=O)C[C@@H]1C(=O)N2C[C@H](Oc3nccc4c5c(ccc34)OCCO5)C[C@H]2C(=O)C[C@]2(C(=O)NS(=O)(=O)C3CC3)C[C@H]2/C=C\CC[C@@H](C)C[C@H]1C. The van der Waals surface area contributed by atoms with Crippen molar-refractivity contribution in [2.24, 2.45) is 29.1 Å². The first kappa shape index (κ1) is 41.0. The second kappa shape index (κ2) is 16.2. The third-order valence-corrected chi connectivity index (χ3v) is 14.9. The standard InChI is InChI=1S/C43H57N3O10S/c1-6-42(5,7-2)56-37(48)22-33-27(4)20-26(3)10-8-9-11-28-23-43(28,41(50)45-57(51,52)30-12-13-30)24-35(47)34-21-29(25-46(34)40(33)49)55-39-32-14-15-36-38(54-19-18-53-36)31(32)16-17-44-39/h9,11,14-17,26-30,33-34H,6-8,10,12-13,18-25H2,1-5H3,(H,45,50)/b11-9-/t26-,27-,28-,29-,33+,34+,43-/m1/s1. The molecule has 14 heteroatoms. The van der Waals surface area contributed by atoms with E-state index in [-0.39, 0.29) is 55.3 Å². The fourth-order valence-electron chi connectivity index (χ4n) is 8.87. The number of sulfonamides is 1. The van der Waals surface area contributed by atoms with Crippen LogP contribution < -0.4 is 18.9 Å². The fraction of sp³-hybridized carbons (Fsp3) is 0.651. The number of Topliss-reactive ketones (excluding diaryl/α,β-unsaturated/α-hetero) is 1. The Bertz CT molecular complexity index is 2030. The normalized spacial score (nSPS) is 30.0. The number of benzene rings is 1. The monoisotopic (exact) mass is 807 g/mol. The number of fused-ring (bicyclic) bond motifs is 5. The Morgan fingerprint density at radius 1 is 1.04 bits per heavy atom. The molecule has 2 aliphatic carbocycles. The maximum atomic E-state index is 15.0. The molecule has 7 rings (SSSR count). The summed E-state index contributed by atoms with van der Waals surface area (Å²) in [6.07, 6.45) is 9.44. The first-order valence-electron chi connectivity index (χ1n) is 20.8. The van der Waals surface area contributed by atoms with Crippen molar-refractivity contribution in [3.63, 3.8) is 0 Å². The smallest absolute Gasteiger partial charge is 0.307 e. The van der Waals surface area contributed by atoms with Gasteiger partial charge in [0, 0.05) is 29.8 Å². The summed E-state index contributed by atoms with van der Waals surface area (Å²) in [7, 11) is -3.86. The minimum absolute atomic E-state index is 0.0475. The molecule has 7 atom stereocenters. The van der Waals surface area contributed by atoms with Crippen LogP contribution in [0.4, 0.5) is 0 Å². The Balaban J connectivity index is 1.22. The van der Waals surface area contributed by atoms with Gasteiger partial charge in [0.15, 0.2) is 17.3 Å². The molecule has 5 aliphatic rings. The molecule has 2 aromatic rings. The molecule has 0 spiro atoms. The van der Waals surface area contributed by atoms with Crippen molar-refractivity contribution in [1.82, 2.24) is 14.6 Å². The van der Waals surface area contributed by atoms with Crippen LogP contribution in [0, 0.1) is 29.1 Å². The highest BCUT2D eigenvalue weighted by Gasteiger charge is 2.61. The summed E-state index contributed by atoms with van der Waals surface area (Å²) in [6, 6.07) is 4.49. The first-order chi connectivity index (χ1) is 27.2. The number of carbonyl (C=O) groups is 4. The van der Waals surface area contributed by atoms with E-state index in [0.29, 0.717) is 74.5 Å². The molecule has 1 N–H and O–H groups in total. The molecule has 0 radical (unpaired) electrons. The highest BCUT2D eigenvalue weighted by atomic mass is 32.2. The van der Waals surface area contributed by atoms with Crippen LogP contribution in [0.15, 0.2) is 36.5 Å². The van der Waals surface area contributed by atoms with Crippen LogP contribution >= 0.6 is 0 Å². The lowest BCUT2D eigenvalue weighted by Gasteiger charge is -2.33. The van der Waals surface area contributed by atoms with Gasteiger partial charge in [0.05, 0.1) is 35.6 Å². The third kappa shape index (κ3) is 8.66. The van der Waals surface area contributed by atoms with E-state index in [9.17, 15) is 22.8 Å². The van der Waals surface area contributed by atoms with Crippen molar-refractivity contribution in [3.8, 4) is 17.4 Å². The van der Waals surface area contributed by atoms with Gasteiger partial charge >= 0.3 is 5.97 Å². The molecule has 57 heavy (non-hydrogen) atoms. The molecular weight excluding hydrogens is 751 g/mol. The number of nitrogens with zero attached hydrogens (tertiary/aromatic N) is 2. The van der Waals surface area contributed by atoms with Gasteiger partial charge in [-0.3, -0.25) is 23.9 Å². The van der Waals surface area contributed by atoms with Crippen LogP contribution in [0.1, 0.15) is 105 Å². The number of allylic oxidation sites excluding steroid dienone is 2. The summed E-state index contributed by atoms with van der Waals surface area (Å²) in [6.45, 7) is 10.8. The van der Waals surface area contributed by atoms with Crippen molar-refractivity contribution in [2.75, 3.05) is 19.8 Å². The predicted molar refractivity (Wildman–Crippen MR) is 212 cm³/mol. The van der Waals surface area contributed by atoms with E-state index in [4.69, 9.17) is 18.9 Å². The van der Waals surface area contributed by atoms with Crippen LogP contribution in [0.25, 0.3) is 10.8 Å². The van der Waals surface area contributed by atoms with E-state index in [0.717, 1.165) is 18.2 Å². The van der Waals surface area contributed by atoms with Crippen LogP contribution in [-0.2, 0) is 33.9 Å². The van der Waals surface area contributed by atoms with E-state index in [1.165, 1.54) is 4.90 Å². The Morgan fingerprint density at radius 2 is 1.79 bits per heavy atom. The third-order valence-electron chi connectivity index (χ3n) is 13.1. The Labute approximate surface area is 335 Å². The van der Waals surface area contributed by atoms with E-state index in [2.05, 4.69) is 16.6 Å². The number of hydrogen-bond acceptors (Lipinski definition) is 11. The molecule has 1 saturated heterocycles. The highest BCUT2D eigenvalue weighted by Crippen LogP contribution is 2.57. The summed E-state index contributed by atoms with van der Waals surface area (Å²) in [4.78, 5) is 63.3. The number of aromatic nitrogens is 1. The zero-order valence-electron chi connectivity index (χ0n) is 33.8. The highest BCUT2D eigenvalue weighted by molar-refractivity contribution is 7.90. The van der Waals surface area contributed by atoms with E-state index >= 15 is 4.79 Å². The van der Waals surface area contributed by atoms with Gasteiger partial charge in [-0.15, -0.1) is 0 Å². The zero-order chi connectivity index (χ0) is 40.7. The maximum absolute atomic E-state index is 15.0. The lowest BCUT2D eigenvalue weighted by molar-refractivity contribution is -0.163. The van der Waals surface area contributed by atoms with Crippen molar-refractivity contribution >= 4 is 44.4 Å². The van der Waals surface area contributed by atoms with Crippen LogP contribution in [0.3, 0.4) is 0 Å². The summed E-state index contributed by atoms with van der Waals surface area (Å²) in [5, 5.41) is 0.838. The lowest BCUT2D eigenvalue weighted by Crippen LogP contribution is -2.47. The van der Waals surface area contributed by atoms with Crippen molar-refractivity contribution in [1.29, 1.82) is 0 Å².